The highest BCUT2D eigenvalue weighted by atomic mass is 35.5. The van der Waals surface area contributed by atoms with Crippen molar-refractivity contribution in [2.24, 2.45) is 5.73 Å². The van der Waals surface area contributed by atoms with E-state index in [-0.39, 0.29) is 6.04 Å². The Morgan fingerprint density at radius 2 is 1.70 bits per heavy atom. The van der Waals surface area contributed by atoms with E-state index in [9.17, 15) is 0 Å². The van der Waals surface area contributed by atoms with Gasteiger partial charge in [-0.1, -0.05) is 41.9 Å². The molecule has 0 saturated carbocycles. The summed E-state index contributed by atoms with van der Waals surface area (Å²) in [5.74, 6) is 1.25. The molecule has 4 nitrogen and oxygen atoms in total. The summed E-state index contributed by atoms with van der Waals surface area (Å²) >= 11 is 5.87. The smallest absolute Gasteiger partial charge is 0.181 e. The quantitative estimate of drug-likeness (QED) is 0.776. The van der Waals surface area contributed by atoms with Crippen molar-refractivity contribution < 1.29 is 0 Å². The molecule has 1 aromatic heterocycles. The van der Waals surface area contributed by atoms with Crippen molar-refractivity contribution in [1.29, 1.82) is 0 Å². The third kappa shape index (κ3) is 2.57. The Morgan fingerprint density at radius 3 is 2.40 bits per heavy atom. The van der Waals surface area contributed by atoms with E-state index in [2.05, 4.69) is 15.2 Å². The Kier molecular flexibility index (Phi) is 3.50. The molecule has 1 heterocycles. The van der Waals surface area contributed by atoms with E-state index in [4.69, 9.17) is 17.3 Å². The summed E-state index contributed by atoms with van der Waals surface area (Å²) in [6.07, 6.45) is 0. The number of nitrogens with one attached hydrogen (secondary N) is 1. The first-order valence-electron chi connectivity index (χ1n) is 6.23. The van der Waals surface area contributed by atoms with Gasteiger partial charge in [0.25, 0.3) is 0 Å². The Morgan fingerprint density at radius 1 is 1.00 bits per heavy atom. The summed E-state index contributed by atoms with van der Waals surface area (Å²) in [6, 6.07) is 16.8. The summed E-state index contributed by atoms with van der Waals surface area (Å²) in [6.45, 7) is 0. The molecule has 1 atom stereocenters. The van der Waals surface area contributed by atoms with Crippen molar-refractivity contribution in [3.05, 3.63) is 71.0 Å². The van der Waals surface area contributed by atoms with E-state index in [1.54, 1.807) is 0 Å². The number of halogens is 1. The molecule has 2 aromatic carbocycles. The van der Waals surface area contributed by atoms with E-state index < -0.39 is 0 Å². The fourth-order valence-corrected chi connectivity index (χ4v) is 2.09. The number of aromatic amines is 1. The van der Waals surface area contributed by atoms with E-state index in [0.29, 0.717) is 16.7 Å². The predicted molar refractivity (Wildman–Crippen MR) is 79.3 cm³/mol. The molecule has 5 heteroatoms. The summed E-state index contributed by atoms with van der Waals surface area (Å²) in [5, 5.41) is 7.79. The third-order valence-electron chi connectivity index (χ3n) is 3.06. The highest BCUT2D eigenvalue weighted by Crippen LogP contribution is 2.21. The molecule has 0 saturated heterocycles. The molecule has 3 N–H and O–H groups in total. The van der Waals surface area contributed by atoms with E-state index in [0.717, 1.165) is 11.1 Å². The first-order valence-corrected chi connectivity index (χ1v) is 6.60. The van der Waals surface area contributed by atoms with Crippen LogP contribution in [0.3, 0.4) is 0 Å². The first-order chi connectivity index (χ1) is 9.74. The van der Waals surface area contributed by atoms with E-state index in [1.807, 2.05) is 54.6 Å². The molecular weight excluding hydrogens is 272 g/mol. The minimum absolute atomic E-state index is 0.315. The van der Waals surface area contributed by atoms with Gasteiger partial charge in [0, 0.05) is 10.6 Å². The van der Waals surface area contributed by atoms with Gasteiger partial charge in [-0.15, -0.1) is 0 Å². The minimum atomic E-state index is -0.315. The van der Waals surface area contributed by atoms with Crippen LogP contribution in [-0.4, -0.2) is 15.2 Å². The largest absolute Gasteiger partial charge is 0.318 e. The molecule has 0 spiro atoms. The summed E-state index contributed by atoms with van der Waals surface area (Å²) in [7, 11) is 0. The number of hydrogen-bond donors (Lipinski definition) is 2. The van der Waals surface area contributed by atoms with Gasteiger partial charge in [0.05, 0.1) is 6.04 Å². The van der Waals surface area contributed by atoms with Crippen molar-refractivity contribution in [3.63, 3.8) is 0 Å². The molecule has 20 heavy (non-hydrogen) atoms. The van der Waals surface area contributed by atoms with Crippen molar-refractivity contribution in [3.8, 4) is 11.4 Å². The van der Waals surface area contributed by atoms with Crippen LogP contribution >= 0.6 is 11.6 Å². The molecule has 0 amide bonds. The van der Waals surface area contributed by atoms with Gasteiger partial charge in [-0.05, 0) is 29.8 Å². The summed E-state index contributed by atoms with van der Waals surface area (Å²) in [5.41, 5.74) is 8.07. The van der Waals surface area contributed by atoms with Crippen LogP contribution in [0.1, 0.15) is 17.4 Å². The van der Waals surface area contributed by atoms with Gasteiger partial charge in [-0.3, -0.25) is 5.10 Å². The summed E-state index contributed by atoms with van der Waals surface area (Å²) < 4.78 is 0. The van der Waals surface area contributed by atoms with E-state index in [1.165, 1.54) is 0 Å². The molecule has 100 valence electrons. The standard InChI is InChI=1S/C15H13ClN4/c16-12-8-6-11(7-9-12)14-18-15(20-19-14)13(17)10-4-2-1-3-5-10/h1-9,13H,17H2,(H,18,19,20). The first kappa shape index (κ1) is 12.8. The maximum atomic E-state index is 6.18. The second-order valence-corrected chi connectivity index (χ2v) is 4.88. The van der Waals surface area contributed by atoms with Crippen molar-refractivity contribution in [2.75, 3.05) is 0 Å². The molecule has 0 aliphatic heterocycles. The average Bonchev–Trinajstić information content (AvgIpc) is 2.98. The second kappa shape index (κ2) is 5.45. The Labute approximate surface area is 121 Å². The number of H-pyrrole nitrogens is 1. The number of nitrogens with two attached hydrogens (primary N) is 1. The zero-order valence-corrected chi connectivity index (χ0v) is 11.4. The maximum Gasteiger partial charge on any atom is 0.181 e. The lowest BCUT2D eigenvalue weighted by atomic mass is 10.1. The molecule has 0 bridgehead atoms. The Hall–Kier alpha value is -2.17. The van der Waals surface area contributed by atoms with Gasteiger partial charge in [0.2, 0.25) is 0 Å². The molecule has 0 fully saturated rings. The van der Waals surface area contributed by atoms with Crippen molar-refractivity contribution in [1.82, 2.24) is 15.2 Å². The van der Waals surface area contributed by atoms with Gasteiger partial charge in [0.1, 0.15) is 5.82 Å². The van der Waals surface area contributed by atoms with Gasteiger partial charge < -0.3 is 5.73 Å². The molecule has 0 radical (unpaired) electrons. The van der Waals surface area contributed by atoms with Crippen LogP contribution in [-0.2, 0) is 0 Å². The predicted octanol–water partition coefficient (Wildman–Crippen LogP) is 3.17. The topological polar surface area (TPSA) is 67.6 Å². The van der Waals surface area contributed by atoms with Gasteiger partial charge in [-0.25, -0.2) is 4.98 Å². The lowest BCUT2D eigenvalue weighted by Crippen LogP contribution is -2.13. The highest BCUT2D eigenvalue weighted by molar-refractivity contribution is 6.30. The van der Waals surface area contributed by atoms with E-state index >= 15 is 0 Å². The third-order valence-corrected chi connectivity index (χ3v) is 3.31. The van der Waals surface area contributed by atoms with Crippen molar-refractivity contribution in [2.45, 2.75) is 6.04 Å². The van der Waals surface area contributed by atoms with Crippen molar-refractivity contribution >= 4 is 11.6 Å². The second-order valence-electron chi connectivity index (χ2n) is 4.44. The Balaban J connectivity index is 1.89. The fourth-order valence-electron chi connectivity index (χ4n) is 1.96. The molecule has 3 aromatic rings. The molecule has 1 unspecified atom stereocenters. The van der Waals surface area contributed by atoms with Gasteiger partial charge in [0.15, 0.2) is 5.82 Å². The van der Waals surface area contributed by atoms with Crippen LogP contribution in [0.15, 0.2) is 54.6 Å². The van der Waals surface area contributed by atoms with Crippen LogP contribution in [0, 0.1) is 0 Å². The average molecular weight is 285 g/mol. The van der Waals surface area contributed by atoms with Crippen LogP contribution in [0.2, 0.25) is 5.02 Å². The Bertz CT molecular complexity index is 691. The lowest BCUT2D eigenvalue weighted by Gasteiger charge is -2.07. The van der Waals surface area contributed by atoms with Crippen LogP contribution < -0.4 is 5.73 Å². The van der Waals surface area contributed by atoms with Crippen LogP contribution in [0.25, 0.3) is 11.4 Å². The fraction of sp³-hybridized carbons (Fsp3) is 0.0667. The lowest BCUT2D eigenvalue weighted by molar-refractivity contribution is 0.787. The van der Waals surface area contributed by atoms with Gasteiger partial charge >= 0.3 is 0 Å². The molecule has 0 aliphatic carbocycles. The number of aromatic nitrogens is 3. The molecule has 3 rings (SSSR count). The zero-order valence-electron chi connectivity index (χ0n) is 10.6. The van der Waals surface area contributed by atoms with Crippen LogP contribution in [0.4, 0.5) is 0 Å². The number of hydrogen-bond acceptors (Lipinski definition) is 3. The number of nitrogens with zero attached hydrogens (tertiary/aromatic N) is 2. The zero-order chi connectivity index (χ0) is 13.9. The normalized spacial score (nSPS) is 12.3. The highest BCUT2D eigenvalue weighted by Gasteiger charge is 2.14. The monoisotopic (exact) mass is 284 g/mol. The maximum absolute atomic E-state index is 6.18. The number of rotatable bonds is 3. The molecule has 0 aliphatic rings. The minimum Gasteiger partial charge on any atom is -0.318 e. The SMILES string of the molecule is NC(c1ccccc1)c1nc(-c2ccc(Cl)cc2)n[nH]1. The summed E-state index contributed by atoms with van der Waals surface area (Å²) in [4.78, 5) is 4.45. The molecular formula is C15H13ClN4. The van der Waals surface area contributed by atoms with Crippen LogP contribution in [0.5, 0.6) is 0 Å². The van der Waals surface area contributed by atoms with Gasteiger partial charge in [-0.2, -0.15) is 5.10 Å². The number of benzene rings is 2.